The minimum atomic E-state index is 0.353. The van der Waals surface area contributed by atoms with E-state index in [0.717, 1.165) is 30.7 Å². The molecule has 3 rings (SSSR count). The topological polar surface area (TPSA) is 52.3 Å². The molecular weight excluding hydrogens is 204 g/mol. The summed E-state index contributed by atoms with van der Waals surface area (Å²) in [5, 5.41) is 12.5. The lowest BCUT2D eigenvalue weighted by Gasteiger charge is -2.25. The largest absolute Gasteiger partial charge is 0.473 e. The van der Waals surface area contributed by atoms with Crippen molar-refractivity contribution < 1.29 is 4.74 Å². The fraction of sp³-hybridized carbons (Fsp3) is 0.545. The van der Waals surface area contributed by atoms with E-state index in [2.05, 4.69) is 15.3 Å². The van der Waals surface area contributed by atoms with Crippen LogP contribution in [-0.4, -0.2) is 25.9 Å². The lowest BCUT2D eigenvalue weighted by molar-refractivity contribution is 0.113. The Balaban J connectivity index is 1.93. The van der Waals surface area contributed by atoms with Crippen LogP contribution in [0.3, 0.4) is 0 Å². The molecule has 1 saturated carbocycles. The first-order valence-corrected chi connectivity index (χ1v) is 5.75. The van der Waals surface area contributed by atoms with Crippen molar-refractivity contribution in [1.29, 1.82) is 0 Å². The van der Waals surface area contributed by atoms with Gasteiger partial charge >= 0.3 is 0 Å². The molecule has 16 heavy (non-hydrogen) atoms. The average molecular weight is 218 g/mol. The predicted molar refractivity (Wildman–Crippen MR) is 58.4 cm³/mol. The van der Waals surface area contributed by atoms with Crippen LogP contribution < -0.4 is 4.74 Å². The third-order valence-electron chi connectivity index (χ3n) is 2.96. The fourth-order valence-electron chi connectivity index (χ4n) is 1.76. The Bertz CT molecular complexity index is 504. The minimum Gasteiger partial charge on any atom is -0.473 e. The zero-order valence-electron chi connectivity index (χ0n) is 9.26. The molecule has 1 aliphatic carbocycles. The maximum atomic E-state index is 5.74. The van der Waals surface area contributed by atoms with Gasteiger partial charge < -0.3 is 4.74 Å². The molecule has 0 aliphatic heterocycles. The molecule has 0 amide bonds. The average Bonchev–Trinajstić information content (AvgIpc) is 2.65. The lowest BCUT2D eigenvalue weighted by atomic mass is 9.96. The molecule has 84 valence electrons. The first-order valence-electron chi connectivity index (χ1n) is 5.75. The number of aromatic nitrogens is 4. The molecule has 0 N–H and O–H groups in total. The Morgan fingerprint density at radius 3 is 2.94 bits per heavy atom. The monoisotopic (exact) mass is 218 g/mol. The molecule has 0 bridgehead atoms. The third kappa shape index (κ3) is 1.52. The molecule has 0 aromatic carbocycles. The van der Waals surface area contributed by atoms with Crippen molar-refractivity contribution in [3.05, 3.63) is 18.0 Å². The van der Waals surface area contributed by atoms with Gasteiger partial charge in [0.1, 0.15) is 6.10 Å². The lowest BCUT2D eigenvalue weighted by Crippen LogP contribution is -2.25. The van der Waals surface area contributed by atoms with E-state index in [1.807, 2.05) is 19.1 Å². The smallest absolute Gasteiger partial charge is 0.232 e. The van der Waals surface area contributed by atoms with E-state index in [4.69, 9.17) is 4.74 Å². The maximum absolute atomic E-state index is 5.74. The number of ether oxygens (including phenoxy) is 1. The quantitative estimate of drug-likeness (QED) is 0.785. The Morgan fingerprint density at radius 2 is 2.25 bits per heavy atom. The zero-order valence-corrected chi connectivity index (χ0v) is 9.26. The van der Waals surface area contributed by atoms with Gasteiger partial charge in [-0.1, -0.05) is 6.92 Å². The van der Waals surface area contributed by atoms with E-state index in [9.17, 15) is 0 Å². The molecular formula is C11H14N4O. The summed E-state index contributed by atoms with van der Waals surface area (Å²) in [6.07, 6.45) is 4.72. The molecule has 5 nitrogen and oxygen atoms in total. The highest BCUT2D eigenvalue weighted by Gasteiger charge is 2.20. The maximum Gasteiger partial charge on any atom is 0.232 e. The highest BCUT2D eigenvalue weighted by molar-refractivity contribution is 5.37. The van der Waals surface area contributed by atoms with Crippen LogP contribution in [0.1, 0.15) is 32.0 Å². The first-order chi connectivity index (χ1) is 7.86. The molecule has 5 heteroatoms. The van der Waals surface area contributed by atoms with Crippen LogP contribution in [-0.2, 0) is 6.42 Å². The summed E-state index contributed by atoms with van der Waals surface area (Å²) in [7, 11) is 0. The highest BCUT2D eigenvalue weighted by Crippen LogP contribution is 2.23. The summed E-state index contributed by atoms with van der Waals surface area (Å²) < 4.78 is 7.50. The van der Waals surface area contributed by atoms with Gasteiger partial charge in [0, 0.05) is 12.5 Å². The number of hydrogen-bond acceptors (Lipinski definition) is 4. The summed E-state index contributed by atoms with van der Waals surface area (Å²) in [6.45, 7) is 2.04. The Kier molecular flexibility index (Phi) is 2.23. The predicted octanol–water partition coefficient (Wildman–Crippen LogP) is 1.62. The fourth-order valence-corrected chi connectivity index (χ4v) is 1.76. The number of nitrogens with zero attached hydrogens (tertiary/aromatic N) is 4. The molecule has 0 radical (unpaired) electrons. The van der Waals surface area contributed by atoms with E-state index in [0.29, 0.717) is 12.0 Å². The van der Waals surface area contributed by atoms with Gasteiger partial charge in [-0.15, -0.1) is 15.3 Å². The van der Waals surface area contributed by atoms with Crippen LogP contribution in [0.25, 0.3) is 5.65 Å². The van der Waals surface area contributed by atoms with Crippen LogP contribution in [0.4, 0.5) is 0 Å². The van der Waals surface area contributed by atoms with Crippen molar-refractivity contribution >= 4 is 5.65 Å². The number of rotatable bonds is 3. The van der Waals surface area contributed by atoms with Crippen molar-refractivity contribution in [3.63, 3.8) is 0 Å². The van der Waals surface area contributed by atoms with Gasteiger partial charge in [-0.3, -0.25) is 0 Å². The number of hydrogen-bond donors (Lipinski definition) is 0. The molecule has 1 fully saturated rings. The summed E-state index contributed by atoms with van der Waals surface area (Å²) in [5.74, 6) is 1.54. The second kappa shape index (κ2) is 3.73. The van der Waals surface area contributed by atoms with E-state index in [1.54, 1.807) is 4.52 Å². The Morgan fingerprint density at radius 1 is 1.38 bits per heavy atom. The van der Waals surface area contributed by atoms with E-state index >= 15 is 0 Å². The van der Waals surface area contributed by atoms with E-state index in [1.165, 1.54) is 6.42 Å². The SMILES string of the molecule is CCc1nnc2ccc(OC3CCC3)nn12. The second-order valence-electron chi connectivity index (χ2n) is 4.08. The minimum absolute atomic E-state index is 0.353. The van der Waals surface area contributed by atoms with Crippen LogP contribution in [0.2, 0.25) is 0 Å². The standard InChI is InChI=1S/C11H14N4O/c1-2-9-12-13-10-6-7-11(14-15(9)10)16-8-4-3-5-8/h6-8H,2-5H2,1H3. The summed E-state index contributed by atoms with van der Waals surface area (Å²) >= 11 is 0. The Labute approximate surface area is 93.4 Å². The van der Waals surface area contributed by atoms with Gasteiger partial charge in [-0.25, -0.2) is 0 Å². The number of aryl methyl sites for hydroxylation is 1. The van der Waals surface area contributed by atoms with Crippen molar-refractivity contribution in [3.8, 4) is 5.88 Å². The Hall–Kier alpha value is -1.65. The first kappa shape index (κ1) is 9.57. The second-order valence-corrected chi connectivity index (χ2v) is 4.08. The molecule has 0 spiro atoms. The van der Waals surface area contributed by atoms with Gasteiger partial charge in [0.25, 0.3) is 0 Å². The molecule has 1 aliphatic rings. The third-order valence-corrected chi connectivity index (χ3v) is 2.96. The molecule has 2 heterocycles. The van der Waals surface area contributed by atoms with Crippen molar-refractivity contribution in [2.24, 2.45) is 0 Å². The molecule has 0 unspecified atom stereocenters. The zero-order chi connectivity index (χ0) is 11.0. The summed E-state index contributed by atoms with van der Waals surface area (Å²) in [5.41, 5.74) is 0.776. The van der Waals surface area contributed by atoms with Crippen LogP contribution in [0, 0.1) is 0 Å². The van der Waals surface area contributed by atoms with Gasteiger partial charge in [0.2, 0.25) is 5.88 Å². The highest BCUT2D eigenvalue weighted by atomic mass is 16.5. The number of fused-ring (bicyclic) bond motifs is 1. The van der Waals surface area contributed by atoms with Crippen LogP contribution >= 0.6 is 0 Å². The van der Waals surface area contributed by atoms with E-state index < -0.39 is 0 Å². The summed E-state index contributed by atoms with van der Waals surface area (Å²) in [4.78, 5) is 0. The molecule has 0 atom stereocenters. The van der Waals surface area contributed by atoms with Gasteiger partial charge in [-0.2, -0.15) is 4.52 Å². The van der Waals surface area contributed by atoms with Crippen molar-refractivity contribution in [2.45, 2.75) is 38.7 Å². The van der Waals surface area contributed by atoms with Crippen molar-refractivity contribution in [2.75, 3.05) is 0 Å². The summed E-state index contributed by atoms with van der Waals surface area (Å²) in [6, 6.07) is 3.76. The molecule has 0 saturated heterocycles. The van der Waals surface area contributed by atoms with E-state index in [-0.39, 0.29) is 0 Å². The molecule has 2 aromatic rings. The van der Waals surface area contributed by atoms with Crippen molar-refractivity contribution in [1.82, 2.24) is 19.8 Å². The van der Waals surface area contributed by atoms with Gasteiger partial charge in [0.15, 0.2) is 11.5 Å². The van der Waals surface area contributed by atoms with Crippen LogP contribution in [0.5, 0.6) is 5.88 Å². The normalized spacial score (nSPS) is 16.3. The molecule has 2 aromatic heterocycles. The van der Waals surface area contributed by atoms with Gasteiger partial charge in [0.05, 0.1) is 0 Å². The van der Waals surface area contributed by atoms with Crippen LogP contribution in [0.15, 0.2) is 12.1 Å². The van der Waals surface area contributed by atoms with Gasteiger partial charge in [-0.05, 0) is 25.3 Å².